The minimum absolute atomic E-state index is 0. The molecule has 0 amide bonds. The molecule has 0 fully saturated rings. The van der Waals surface area contributed by atoms with Crippen molar-refractivity contribution in [3.05, 3.63) is 53.3 Å². The van der Waals surface area contributed by atoms with Crippen LogP contribution in [0.5, 0.6) is 17.2 Å². The van der Waals surface area contributed by atoms with Crippen molar-refractivity contribution in [2.75, 3.05) is 34.9 Å². The first-order valence-electron chi connectivity index (χ1n) is 8.59. The number of nitrogens with one attached hydrogen (secondary N) is 2. The third kappa shape index (κ3) is 6.74. The minimum atomic E-state index is -0.254. The Hall–Kier alpha value is -2.23. The maximum Gasteiger partial charge on any atom is 0.191 e. The van der Waals surface area contributed by atoms with Gasteiger partial charge < -0.3 is 24.8 Å². The summed E-state index contributed by atoms with van der Waals surface area (Å²) in [6.07, 6.45) is 0.664. The number of guanidine groups is 1. The summed E-state index contributed by atoms with van der Waals surface area (Å²) in [5.41, 5.74) is 1.78. The van der Waals surface area contributed by atoms with Gasteiger partial charge in [0.2, 0.25) is 0 Å². The zero-order valence-corrected chi connectivity index (χ0v) is 18.9. The number of hydrogen-bond donors (Lipinski definition) is 2. The van der Waals surface area contributed by atoms with Crippen LogP contribution in [0.1, 0.15) is 11.1 Å². The molecule has 6 nitrogen and oxygen atoms in total. The Balaban J connectivity index is 0.00000392. The molecule has 0 saturated heterocycles. The summed E-state index contributed by atoms with van der Waals surface area (Å²) < 4.78 is 29.4. The largest absolute Gasteiger partial charge is 0.496 e. The minimum Gasteiger partial charge on any atom is -0.496 e. The first-order chi connectivity index (χ1) is 13.1. The van der Waals surface area contributed by atoms with E-state index in [-0.39, 0.29) is 29.8 Å². The normalized spacial score (nSPS) is 10.7. The van der Waals surface area contributed by atoms with E-state index in [1.807, 2.05) is 18.2 Å². The molecule has 0 bridgehead atoms. The summed E-state index contributed by atoms with van der Waals surface area (Å²) in [5, 5.41) is 6.40. The second-order valence-corrected chi connectivity index (χ2v) is 5.74. The Labute approximate surface area is 182 Å². The summed E-state index contributed by atoms with van der Waals surface area (Å²) in [6, 6.07) is 10.1. The average molecular weight is 503 g/mol. The van der Waals surface area contributed by atoms with Crippen molar-refractivity contribution in [2.45, 2.75) is 13.0 Å². The number of aliphatic imine (C=N–C) groups is 1. The molecule has 0 saturated carbocycles. The smallest absolute Gasteiger partial charge is 0.191 e. The highest BCUT2D eigenvalue weighted by Crippen LogP contribution is 2.34. The molecule has 2 rings (SSSR count). The van der Waals surface area contributed by atoms with E-state index in [0.717, 1.165) is 11.1 Å². The molecule has 0 radical (unpaired) electrons. The molecule has 0 aromatic heterocycles. The van der Waals surface area contributed by atoms with Gasteiger partial charge in [0.15, 0.2) is 5.96 Å². The van der Waals surface area contributed by atoms with Crippen LogP contribution >= 0.6 is 24.0 Å². The lowest BCUT2D eigenvalue weighted by Crippen LogP contribution is -2.37. The van der Waals surface area contributed by atoms with Gasteiger partial charge in [0, 0.05) is 37.8 Å². The number of halogens is 2. The molecule has 28 heavy (non-hydrogen) atoms. The number of methoxy groups -OCH3 is 3. The first-order valence-corrected chi connectivity index (χ1v) is 8.59. The molecule has 2 N–H and O–H groups in total. The quantitative estimate of drug-likeness (QED) is 0.329. The van der Waals surface area contributed by atoms with Crippen LogP contribution in [0, 0.1) is 5.82 Å². The number of ether oxygens (including phenoxy) is 3. The summed E-state index contributed by atoms with van der Waals surface area (Å²) in [5.74, 6) is 2.46. The Morgan fingerprint density at radius 2 is 1.68 bits per heavy atom. The fraction of sp³-hybridized carbons (Fsp3) is 0.350. The molecule has 0 unspecified atom stereocenters. The van der Waals surface area contributed by atoms with E-state index in [1.54, 1.807) is 34.4 Å². The van der Waals surface area contributed by atoms with E-state index < -0.39 is 0 Å². The third-order valence-corrected chi connectivity index (χ3v) is 4.06. The van der Waals surface area contributed by atoms with E-state index in [2.05, 4.69) is 15.6 Å². The standard InChI is InChI=1S/C20H26FN3O3.HI/c1-22-20(24-13-14-6-5-7-15(21)10-14)23-9-8-17-18(26-3)11-16(25-2)12-19(17)27-4;/h5-7,10-12H,8-9,13H2,1-4H3,(H2,22,23,24);1H. The Bertz CT molecular complexity index is 762. The Morgan fingerprint density at radius 1 is 1.00 bits per heavy atom. The van der Waals surface area contributed by atoms with Gasteiger partial charge in [0.05, 0.1) is 21.3 Å². The Kier molecular flexibility index (Phi) is 10.4. The summed E-state index contributed by atoms with van der Waals surface area (Å²) in [4.78, 5) is 4.19. The fourth-order valence-corrected chi connectivity index (χ4v) is 2.68. The van der Waals surface area contributed by atoms with E-state index in [4.69, 9.17) is 14.2 Å². The predicted molar refractivity (Wildman–Crippen MR) is 120 cm³/mol. The van der Waals surface area contributed by atoms with Crippen molar-refractivity contribution in [1.82, 2.24) is 10.6 Å². The second-order valence-electron chi connectivity index (χ2n) is 5.74. The van der Waals surface area contributed by atoms with Crippen LogP contribution in [0.25, 0.3) is 0 Å². The van der Waals surface area contributed by atoms with Crippen LogP contribution in [-0.2, 0) is 13.0 Å². The zero-order valence-electron chi connectivity index (χ0n) is 16.5. The van der Waals surface area contributed by atoms with Gasteiger partial charge in [0.25, 0.3) is 0 Å². The van der Waals surface area contributed by atoms with Gasteiger partial charge in [-0.15, -0.1) is 24.0 Å². The molecule has 0 aliphatic rings. The van der Waals surface area contributed by atoms with Gasteiger partial charge in [-0.2, -0.15) is 0 Å². The van der Waals surface area contributed by atoms with Gasteiger partial charge in [-0.1, -0.05) is 12.1 Å². The van der Waals surface area contributed by atoms with Crippen molar-refractivity contribution < 1.29 is 18.6 Å². The van der Waals surface area contributed by atoms with E-state index in [0.29, 0.717) is 42.7 Å². The molecular weight excluding hydrogens is 476 g/mol. The molecule has 0 heterocycles. The van der Waals surface area contributed by atoms with Gasteiger partial charge in [-0.25, -0.2) is 4.39 Å². The number of rotatable bonds is 8. The van der Waals surface area contributed by atoms with Crippen molar-refractivity contribution in [1.29, 1.82) is 0 Å². The molecule has 154 valence electrons. The Morgan fingerprint density at radius 3 is 2.21 bits per heavy atom. The van der Waals surface area contributed by atoms with Gasteiger partial charge in [-0.3, -0.25) is 4.99 Å². The number of hydrogen-bond acceptors (Lipinski definition) is 4. The van der Waals surface area contributed by atoms with Crippen LogP contribution in [0.4, 0.5) is 4.39 Å². The molecule has 0 aliphatic carbocycles. The average Bonchev–Trinajstić information content (AvgIpc) is 2.70. The fourth-order valence-electron chi connectivity index (χ4n) is 2.68. The first kappa shape index (κ1) is 23.8. The topological polar surface area (TPSA) is 64.1 Å². The third-order valence-electron chi connectivity index (χ3n) is 4.06. The molecule has 8 heteroatoms. The van der Waals surface area contributed by atoms with Gasteiger partial charge in [-0.05, 0) is 24.1 Å². The zero-order chi connectivity index (χ0) is 19.6. The lowest BCUT2D eigenvalue weighted by molar-refractivity contribution is 0.368. The lowest BCUT2D eigenvalue weighted by atomic mass is 10.1. The molecule has 0 atom stereocenters. The SMILES string of the molecule is CN=C(NCCc1c(OC)cc(OC)cc1OC)NCc1cccc(F)c1.I. The molecule has 2 aromatic carbocycles. The van der Waals surface area contributed by atoms with Crippen LogP contribution in [-0.4, -0.2) is 40.9 Å². The summed E-state index contributed by atoms with van der Waals surface area (Å²) in [6.45, 7) is 1.09. The maximum atomic E-state index is 13.3. The maximum absolute atomic E-state index is 13.3. The number of benzene rings is 2. The highest BCUT2D eigenvalue weighted by Gasteiger charge is 2.13. The van der Waals surface area contributed by atoms with Crippen molar-refractivity contribution in [2.24, 2.45) is 4.99 Å². The van der Waals surface area contributed by atoms with Gasteiger partial charge >= 0.3 is 0 Å². The van der Waals surface area contributed by atoms with E-state index >= 15 is 0 Å². The van der Waals surface area contributed by atoms with Crippen LogP contribution in [0.15, 0.2) is 41.4 Å². The monoisotopic (exact) mass is 503 g/mol. The van der Waals surface area contributed by atoms with Crippen molar-refractivity contribution >= 4 is 29.9 Å². The molecule has 0 spiro atoms. The predicted octanol–water partition coefficient (Wildman–Crippen LogP) is 3.38. The van der Waals surface area contributed by atoms with E-state index in [1.165, 1.54) is 12.1 Å². The second kappa shape index (κ2) is 12.3. The van der Waals surface area contributed by atoms with Crippen LogP contribution in [0.3, 0.4) is 0 Å². The summed E-state index contributed by atoms with van der Waals surface area (Å²) in [7, 11) is 6.52. The van der Waals surface area contributed by atoms with Crippen LogP contribution in [0.2, 0.25) is 0 Å². The molecular formula is C20H27FIN3O3. The summed E-state index contributed by atoms with van der Waals surface area (Å²) >= 11 is 0. The highest BCUT2D eigenvalue weighted by atomic mass is 127. The molecule has 2 aromatic rings. The molecule has 0 aliphatic heterocycles. The van der Waals surface area contributed by atoms with Crippen molar-refractivity contribution in [3.8, 4) is 17.2 Å². The lowest BCUT2D eigenvalue weighted by Gasteiger charge is -2.16. The van der Waals surface area contributed by atoms with E-state index in [9.17, 15) is 4.39 Å². The van der Waals surface area contributed by atoms with Crippen molar-refractivity contribution in [3.63, 3.8) is 0 Å². The van der Waals surface area contributed by atoms with Gasteiger partial charge in [0.1, 0.15) is 23.1 Å². The van der Waals surface area contributed by atoms with Crippen LogP contribution < -0.4 is 24.8 Å². The number of nitrogens with zero attached hydrogens (tertiary/aromatic N) is 1. The highest BCUT2D eigenvalue weighted by molar-refractivity contribution is 14.0.